The number of carbonyl (C=O) groups excluding carboxylic acids is 6. The summed E-state index contributed by atoms with van der Waals surface area (Å²) in [6.07, 6.45) is -5.71. The summed E-state index contributed by atoms with van der Waals surface area (Å²) in [6.45, 7) is 5.58. The van der Waals surface area contributed by atoms with Gasteiger partial charge in [-0.15, -0.1) is 0 Å². The van der Waals surface area contributed by atoms with Gasteiger partial charge in [0.2, 0.25) is 5.91 Å². The van der Waals surface area contributed by atoms with Gasteiger partial charge in [0.05, 0.1) is 6.67 Å². The SMILES string of the molecule is COC(C)C(=O)OC(C)C(=O)OCCOC(=O)C(C)OC(=O)C(C)OC(=O)NCNC(C)=O. The first kappa shape index (κ1) is 29.6. The van der Waals surface area contributed by atoms with Crippen molar-refractivity contribution < 1.29 is 57.2 Å². The van der Waals surface area contributed by atoms with Crippen molar-refractivity contribution in [3.05, 3.63) is 0 Å². The molecule has 0 radical (unpaired) electrons. The van der Waals surface area contributed by atoms with Gasteiger partial charge in [0.1, 0.15) is 13.2 Å². The summed E-state index contributed by atoms with van der Waals surface area (Å²) in [7, 11) is 1.31. The van der Waals surface area contributed by atoms with Crippen molar-refractivity contribution in [2.24, 2.45) is 0 Å². The lowest BCUT2D eigenvalue weighted by molar-refractivity contribution is -0.176. The molecule has 4 unspecified atom stereocenters. The summed E-state index contributed by atoms with van der Waals surface area (Å²) in [5.74, 6) is -3.92. The molecule has 0 bridgehead atoms. The van der Waals surface area contributed by atoms with E-state index in [2.05, 4.69) is 10.6 Å². The third kappa shape index (κ3) is 12.9. The highest BCUT2D eigenvalue weighted by Crippen LogP contribution is 2.03. The summed E-state index contributed by atoms with van der Waals surface area (Å²) in [5, 5.41) is 4.47. The number of nitrogens with one attached hydrogen (secondary N) is 2. The Morgan fingerprint density at radius 3 is 1.48 bits per heavy atom. The Kier molecular flexibility index (Phi) is 13.8. The van der Waals surface area contributed by atoms with E-state index in [1.807, 2.05) is 0 Å². The lowest BCUT2D eigenvalue weighted by Crippen LogP contribution is -2.40. The first-order valence-electron chi connectivity index (χ1n) is 9.84. The van der Waals surface area contributed by atoms with Crippen LogP contribution in [0.25, 0.3) is 0 Å². The van der Waals surface area contributed by atoms with Crippen molar-refractivity contribution in [3.63, 3.8) is 0 Å². The standard InChI is InChI=1S/C19H30N2O12/c1-10(28-6)17(25)31-11(2)15(23)29-7-8-30-16(24)12(3)32-18(26)13(4)33-19(27)21-9-20-14(5)22/h10-13H,7-9H2,1-6H3,(H,20,22)(H,21,27). The van der Waals surface area contributed by atoms with Crippen molar-refractivity contribution in [1.29, 1.82) is 0 Å². The zero-order valence-corrected chi connectivity index (χ0v) is 19.3. The molecule has 33 heavy (non-hydrogen) atoms. The summed E-state index contributed by atoms with van der Waals surface area (Å²) in [5.41, 5.74) is 0. The number of esters is 4. The Labute approximate surface area is 190 Å². The average Bonchev–Trinajstić information content (AvgIpc) is 2.74. The highest BCUT2D eigenvalue weighted by atomic mass is 16.6. The van der Waals surface area contributed by atoms with Gasteiger partial charge in [0.15, 0.2) is 24.4 Å². The van der Waals surface area contributed by atoms with Gasteiger partial charge in [-0.25, -0.2) is 24.0 Å². The minimum atomic E-state index is -1.34. The molecular formula is C19H30N2O12. The van der Waals surface area contributed by atoms with Gasteiger partial charge >= 0.3 is 30.0 Å². The molecule has 2 amide bonds. The van der Waals surface area contributed by atoms with E-state index in [4.69, 9.17) is 28.4 Å². The molecule has 0 spiro atoms. The second-order valence-electron chi connectivity index (χ2n) is 6.51. The van der Waals surface area contributed by atoms with Crippen LogP contribution in [0.15, 0.2) is 0 Å². The fourth-order valence-corrected chi connectivity index (χ4v) is 1.74. The zero-order chi connectivity index (χ0) is 25.6. The second kappa shape index (κ2) is 15.4. The highest BCUT2D eigenvalue weighted by Gasteiger charge is 2.26. The molecule has 0 saturated carbocycles. The molecule has 14 heteroatoms. The molecule has 0 aliphatic carbocycles. The molecule has 0 fully saturated rings. The van der Waals surface area contributed by atoms with Gasteiger partial charge in [-0.3, -0.25) is 4.79 Å². The van der Waals surface area contributed by atoms with Crippen LogP contribution in [0.5, 0.6) is 0 Å². The van der Waals surface area contributed by atoms with E-state index >= 15 is 0 Å². The first-order chi connectivity index (χ1) is 15.4. The molecule has 0 aliphatic rings. The molecule has 188 valence electrons. The Hall–Kier alpha value is -3.42. The maximum absolute atomic E-state index is 11.9. The lowest BCUT2D eigenvalue weighted by atomic mass is 10.3. The predicted octanol–water partition coefficient (Wildman–Crippen LogP) is -0.821. The molecule has 0 aromatic carbocycles. The van der Waals surface area contributed by atoms with E-state index in [0.717, 1.165) is 0 Å². The fourth-order valence-electron chi connectivity index (χ4n) is 1.74. The Balaban J connectivity index is 4.22. The maximum atomic E-state index is 11.9. The smallest absolute Gasteiger partial charge is 0.409 e. The highest BCUT2D eigenvalue weighted by molar-refractivity contribution is 5.83. The first-order valence-corrected chi connectivity index (χ1v) is 9.84. The molecule has 4 atom stereocenters. The topological polar surface area (TPSA) is 182 Å². The average molecular weight is 478 g/mol. The number of alkyl carbamates (subject to hydrolysis) is 1. The van der Waals surface area contributed by atoms with Crippen molar-refractivity contribution >= 4 is 35.9 Å². The van der Waals surface area contributed by atoms with Gasteiger partial charge in [-0.05, 0) is 27.7 Å². The fraction of sp³-hybridized carbons (Fsp3) is 0.684. The van der Waals surface area contributed by atoms with Crippen molar-refractivity contribution in [3.8, 4) is 0 Å². The Bertz CT molecular complexity index is 711. The summed E-state index contributed by atoms with van der Waals surface area (Å²) < 4.78 is 28.8. The van der Waals surface area contributed by atoms with Crippen LogP contribution in [0.3, 0.4) is 0 Å². The van der Waals surface area contributed by atoms with Gasteiger partial charge in [-0.2, -0.15) is 0 Å². The van der Waals surface area contributed by atoms with Crippen LogP contribution in [0.1, 0.15) is 34.6 Å². The second-order valence-corrected chi connectivity index (χ2v) is 6.51. The number of carbonyl (C=O) groups is 6. The van der Waals surface area contributed by atoms with Crippen LogP contribution in [-0.2, 0) is 52.4 Å². The summed E-state index contributed by atoms with van der Waals surface area (Å²) in [4.78, 5) is 69.3. The Morgan fingerprint density at radius 1 is 0.636 bits per heavy atom. The number of hydrogen-bond acceptors (Lipinski definition) is 12. The monoisotopic (exact) mass is 478 g/mol. The minimum Gasteiger partial charge on any atom is -0.459 e. The number of hydrogen-bond donors (Lipinski definition) is 2. The number of amides is 2. The third-order valence-corrected chi connectivity index (χ3v) is 3.69. The molecular weight excluding hydrogens is 448 g/mol. The molecule has 14 nitrogen and oxygen atoms in total. The molecule has 0 aromatic heterocycles. The quantitative estimate of drug-likeness (QED) is 0.145. The summed E-state index contributed by atoms with van der Waals surface area (Å²) in [6, 6.07) is 0. The third-order valence-electron chi connectivity index (χ3n) is 3.69. The van der Waals surface area contributed by atoms with Gasteiger partial charge in [-0.1, -0.05) is 0 Å². The Morgan fingerprint density at radius 2 is 1.06 bits per heavy atom. The van der Waals surface area contributed by atoms with Crippen molar-refractivity contribution in [1.82, 2.24) is 10.6 Å². The van der Waals surface area contributed by atoms with Gasteiger partial charge in [0.25, 0.3) is 0 Å². The zero-order valence-electron chi connectivity index (χ0n) is 19.3. The van der Waals surface area contributed by atoms with E-state index in [-0.39, 0.29) is 25.8 Å². The van der Waals surface area contributed by atoms with Crippen molar-refractivity contribution in [2.45, 2.75) is 59.0 Å². The van der Waals surface area contributed by atoms with Crippen LogP contribution in [0.2, 0.25) is 0 Å². The van der Waals surface area contributed by atoms with E-state index in [1.54, 1.807) is 0 Å². The van der Waals surface area contributed by atoms with Crippen LogP contribution in [0, 0.1) is 0 Å². The summed E-state index contributed by atoms with van der Waals surface area (Å²) >= 11 is 0. The largest absolute Gasteiger partial charge is 0.459 e. The van der Waals surface area contributed by atoms with Crippen LogP contribution >= 0.6 is 0 Å². The molecule has 0 rings (SSSR count). The van der Waals surface area contributed by atoms with Gasteiger partial charge < -0.3 is 39.1 Å². The molecule has 0 heterocycles. The van der Waals surface area contributed by atoms with Crippen LogP contribution < -0.4 is 10.6 Å². The molecule has 0 aromatic rings. The molecule has 0 aliphatic heterocycles. The van der Waals surface area contributed by atoms with E-state index < -0.39 is 54.4 Å². The minimum absolute atomic E-state index is 0.198. The predicted molar refractivity (Wildman–Crippen MR) is 107 cm³/mol. The number of methoxy groups -OCH3 is 1. The maximum Gasteiger partial charge on any atom is 0.409 e. The van der Waals surface area contributed by atoms with Gasteiger partial charge in [0, 0.05) is 14.0 Å². The molecule has 0 saturated heterocycles. The van der Waals surface area contributed by atoms with Crippen LogP contribution in [-0.4, -0.2) is 87.3 Å². The number of rotatable bonds is 13. The van der Waals surface area contributed by atoms with E-state index in [1.165, 1.54) is 41.7 Å². The van der Waals surface area contributed by atoms with Crippen LogP contribution in [0.4, 0.5) is 4.79 Å². The van der Waals surface area contributed by atoms with E-state index in [9.17, 15) is 28.8 Å². The normalized spacial score (nSPS) is 13.9. The van der Waals surface area contributed by atoms with Crippen molar-refractivity contribution in [2.75, 3.05) is 27.0 Å². The molecule has 2 N–H and O–H groups in total. The number of ether oxygens (including phenoxy) is 6. The van der Waals surface area contributed by atoms with E-state index in [0.29, 0.717) is 0 Å². The lowest BCUT2D eigenvalue weighted by Gasteiger charge is -2.17.